The molecule has 0 radical (unpaired) electrons. The van der Waals surface area contributed by atoms with Gasteiger partial charge in [0.1, 0.15) is 5.41 Å². The van der Waals surface area contributed by atoms with Gasteiger partial charge in [0.05, 0.1) is 5.69 Å². The second kappa shape index (κ2) is 7.76. The fraction of sp³-hybridized carbons (Fsp3) is 0.231. The first-order valence-electron chi connectivity index (χ1n) is 10.2. The molecule has 31 heavy (non-hydrogen) atoms. The summed E-state index contributed by atoms with van der Waals surface area (Å²) in [7, 11) is 0. The van der Waals surface area contributed by atoms with Crippen molar-refractivity contribution in [1.82, 2.24) is 0 Å². The van der Waals surface area contributed by atoms with E-state index in [9.17, 15) is 14.8 Å². The van der Waals surface area contributed by atoms with Crippen LogP contribution in [0.3, 0.4) is 0 Å². The Morgan fingerprint density at radius 2 is 1.39 bits per heavy atom. The van der Waals surface area contributed by atoms with Crippen LogP contribution in [-0.2, 0) is 15.3 Å². The number of amides is 1. The standard InChI is InChI=1S/C26H25NO4/c1-17-8-12-19(13-9-17)26(31-30,20-14-10-18(2)11-15-20)16-25(3)23(28)21-6-4-5-7-22(21)27-24(25)29/h4-15,30H,16H2,1-3H3,(H,27,29). The van der Waals surface area contributed by atoms with Gasteiger partial charge in [-0.3, -0.25) is 14.8 Å². The quantitative estimate of drug-likeness (QED) is 0.338. The highest BCUT2D eigenvalue weighted by molar-refractivity contribution is 6.23. The number of carbonyl (C=O) groups is 2. The molecule has 1 atom stereocenters. The number of hydrogen-bond acceptors (Lipinski definition) is 4. The molecule has 5 nitrogen and oxygen atoms in total. The molecule has 1 heterocycles. The molecule has 1 aliphatic rings. The van der Waals surface area contributed by atoms with E-state index in [0.717, 1.165) is 11.1 Å². The molecule has 3 aromatic rings. The monoisotopic (exact) mass is 415 g/mol. The van der Waals surface area contributed by atoms with Crippen LogP contribution >= 0.6 is 0 Å². The molecule has 0 aromatic heterocycles. The average Bonchev–Trinajstić information content (AvgIpc) is 2.78. The lowest BCUT2D eigenvalue weighted by Gasteiger charge is -2.40. The molecule has 0 fully saturated rings. The van der Waals surface area contributed by atoms with Gasteiger partial charge in [0, 0.05) is 12.0 Å². The molecule has 5 heteroatoms. The van der Waals surface area contributed by atoms with Gasteiger partial charge in [-0.25, -0.2) is 4.89 Å². The minimum absolute atomic E-state index is 0.0678. The van der Waals surface area contributed by atoms with Crippen molar-refractivity contribution in [2.75, 3.05) is 5.32 Å². The van der Waals surface area contributed by atoms with E-state index in [1.54, 1.807) is 31.2 Å². The van der Waals surface area contributed by atoms with Crippen molar-refractivity contribution < 1.29 is 19.7 Å². The Kier molecular flexibility index (Phi) is 5.25. The van der Waals surface area contributed by atoms with Crippen LogP contribution in [0, 0.1) is 19.3 Å². The van der Waals surface area contributed by atoms with Crippen LogP contribution in [0.1, 0.15) is 46.0 Å². The van der Waals surface area contributed by atoms with Gasteiger partial charge >= 0.3 is 0 Å². The summed E-state index contributed by atoms with van der Waals surface area (Å²) in [6.07, 6.45) is -0.0678. The van der Waals surface area contributed by atoms with Gasteiger partial charge in [-0.05, 0) is 44.0 Å². The van der Waals surface area contributed by atoms with E-state index in [-0.39, 0.29) is 12.2 Å². The molecular formula is C26H25NO4. The predicted molar refractivity (Wildman–Crippen MR) is 119 cm³/mol. The minimum Gasteiger partial charge on any atom is -0.325 e. The van der Waals surface area contributed by atoms with Gasteiger partial charge in [0.15, 0.2) is 11.4 Å². The van der Waals surface area contributed by atoms with E-state index >= 15 is 0 Å². The summed E-state index contributed by atoms with van der Waals surface area (Å²) in [4.78, 5) is 31.9. The number of aryl methyl sites for hydroxylation is 2. The van der Waals surface area contributed by atoms with Crippen molar-refractivity contribution in [3.05, 3.63) is 101 Å². The predicted octanol–water partition coefficient (Wildman–Crippen LogP) is 5.27. The van der Waals surface area contributed by atoms with Crippen LogP contribution in [0.15, 0.2) is 72.8 Å². The SMILES string of the molecule is Cc1ccc(C(CC2(C)C(=O)Nc3ccccc3C2=O)(OO)c2ccc(C)cc2)cc1. The Morgan fingerprint density at radius 3 is 1.90 bits per heavy atom. The summed E-state index contributed by atoms with van der Waals surface area (Å²) < 4.78 is 0. The van der Waals surface area contributed by atoms with Crippen LogP contribution in [-0.4, -0.2) is 16.9 Å². The Morgan fingerprint density at radius 1 is 0.871 bits per heavy atom. The fourth-order valence-corrected chi connectivity index (χ4v) is 4.26. The fourth-order valence-electron chi connectivity index (χ4n) is 4.26. The molecule has 0 saturated heterocycles. The molecular weight excluding hydrogens is 390 g/mol. The maximum Gasteiger partial charge on any atom is 0.238 e. The number of rotatable bonds is 5. The maximum absolute atomic E-state index is 13.5. The highest BCUT2D eigenvalue weighted by Crippen LogP contribution is 2.47. The number of fused-ring (bicyclic) bond motifs is 1. The summed E-state index contributed by atoms with van der Waals surface area (Å²) in [5.74, 6) is -0.718. The number of anilines is 1. The summed E-state index contributed by atoms with van der Waals surface area (Å²) in [5, 5.41) is 13.1. The van der Waals surface area contributed by atoms with Crippen molar-refractivity contribution in [2.24, 2.45) is 5.41 Å². The van der Waals surface area contributed by atoms with E-state index in [0.29, 0.717) is 22.4 Å². The number of ketones is 1. The number of hydrogen-bond donors (Lipinski definition) is 2. The first-order chi connectivity index (χ1) is 14.8. The number of Topliss-reactive ketones (excluding diaryl/α,β-unsaturated/α-hetero) is 1. The average molecular weight is 415 g/mol. The summed E-state index contributed by atoms with van der Waals surface area (Å²) in [5.41, 5.74) is 1.50. The van der Waals surface area contributed by atoms with Gasteiger partial charge in [0.25, 0.3) is 0 Å². The molecule has 158 valence electrons. The summed E-state index contributed by atoms with van der Waals surface area (Å²) in [6.45, 7) is 5.54. The number of benzene rings is 3. The van der Waals surface area contributed by atoms with Crippen LogP contribution in [0.5, 0.6) is 0 Å². The number of carbonyl (C=O) groups excluding carboxylic acids is 2. The Balaban J connectivity index is 1.88. The smallest absolute Gasteiger partial charge is 0.238 e. The third-order valence-corrected chi connectivity index (χ3v) is 6.22. The zero-order chi connectivity index (χ0) is 22.2. The van der Waals surface area contributed by atoms with Crippen LogP contribution < -0.4 is 5.32 Å². The minimum atomic E-state index is -1.45. The third-order valence-electron chi connectivity index (χ3n) is 6.22. The second-order valence-electron chi connectivity index (χ2n) is 8.49. The second-order valence-corrected chi connectivity index (χ2v) is 8.49. The molecule has 0 aliphatic carbocycles. The van der Waals surface area contributed by atoms with E-state index in [1.165, 1.54) is 0 Å². The first kappa shape index (κ1) is 21.0. The van der Waals surface area contributed by atoms with Gasteiger partial charge < -0.3 is 5.32 Å². The summed E-state index contributed by atoms with van der Waals surface area (Å²) >= 11 is 0. The third kappa shape index (κ3) is 3.46. The highest BCUT2D eigenvalue weighted by atomic mass is 17.1. The Bertz CT molecular complexity index is 1090. The van der Waals surface area contributed by atoms with Crippen molar-refractivity contribution >= 4 is 17.4 Å². The van der Waals surface area contributed by atoms with Crippen LogP contribution in [0.4, 0.5) is 5.69 Å². The molecule has 4 rings (SSSR count). The van der Waals surface area contributed by atoms with Gasteiger partial charge in [-0.2, -0.15) is 0 Å². The van der Waals surface area contributed by atoms with Crippen LogP contribution in [0.2, 0.25) is 0 Å². The molecule has 0 saturated carbocycles. The lowest BCUT2D eigenvalue weighted by Crippen LogP contribution is -2.50. The molecule has 3 aromatic carbocycles. The van der Waals surface area contributed by atoms with Gasteiger partial charge in [-0.15, -0.1) is 0 Å². The Labute approximate surface area is 181 Å². The molecule has 1 aliphatic heterocycles. The van der Waals surface area contributed by atoms with E-state index in [4.69, 9.17) is 4.89 Å². The molecule has 0 bridgehead atoms. The highest BCUT2D eigenvalue weighted by Gasteiger charge is 2.53. The van der Waals surface area contributed by atoms with Crippen molar-refractivity contribution in [2.45, 2.75) is 32.8 Å². The maximum atomic E-state index is 13.5. The van der Waals surface area contributed by atoms with Crippen molar-refractivity contribution in [1.29, 1.82) is 0 Å². The molecule has 1 unspecified atom stereocenters. The van der Waals surface area contributed by atoms with Gasteiger partial charge in [0.2, 0.25) is 5.91 Å². The van der Waals surface area contributed by atoms with Crippen molar-refractivity contribution in [3.63, 3.8) is 0 Å². The molecule has 2 N–H and O–H groups in total. The van der Waals surface area contributed by atoms with E-state index in [2.05, 4.69) is 5.32 Å². The lowest BCUT2D eigenvalue weighted by atomic mass is 9.67. The summed E-state index contributed by atoms with van der Waals surface area (Å²) in [6, 6.07) is 22.0. The van der Waals surface area contributed by atoms with Crippen LogP contribution in [0.25, 0.3) is 0 Å². The molecule has 0 spiro atoms. The topological polar surface area (TPSA) is 75.6 Å². The zero-order valence-corrected chi connectivity index (χ0v) is 17.8. The van der Waals surface area contributed by atoms with Crippen molar-refractivity contribution in [3.8, 4) is 0 Å². The van der Waals surface area contributed by atoms with E-state index < -0.39 is 16.9 Å². The van der Waals surface area contributed by atoms with E-state index in [1.807, 2.05) is 62.4 Å². The van der Waals surface area contributed by atoms with Gasteiger partial charge in [-0.1, -0.05) is 71.8 Å². The first-order valence-corrected chi connectivity index (χ1v) is 10.2. The Hall–Kier alpha value is -3.28. The lowest BCUT2D eigenvalue weighted by molar-refractivity contribution is -0.320. The molecule has 1 amide bonds. The zero-order valence-electron chi connectivity index (χ0n) is 17.8. The number of para-hydroxylation sites is 1. The number of nitrogens with one attached hydrogen (secondary N) is 1. The normalized spacial score (nSPS) is 18.5. The largest absolute Gasteiger partial charge is 0.325 e.